The lowest BCUT2D eigenvalue weighted by Crippen LogP contribution is -2.49. The van der Waals surface area contributed by atoms with Crippen molar-refractivity contribution in [2.45, 2.75) is 25.0 Å². The first-order chi connectivity index (χ1) is 7.03. The van der Waals surface area contributed by atoms with Crippen molar-refractivity contribution in [2.75, 3.05) is 19.7 Å². The minimum atomic E-state index is -1.10. The molecule has 15 heavy (non-hydrogen) atoms. The van der Waals surface area contributed by atoms with Crippen LogP contribution in [-0.2, 0) is 9.53 Å². The van der Waals surface area contributed by atoms with E-state index in [1.54, 1.807) is 6.92 Å². The van der Waals surface area contributed by atoms with E-state index < -0.39 is 11.6 Å². The van der Waals surface area contributed by atoms with Crippen LogP contribution in [0.3, 0.4) is 0 Å². The molecule has 2 rings (SSSR count). The third kappa shape index (κ3) is 1.70. The molecule has 0 aromatic rings. The van der Waals surface area contributed by atoms with Crippen LogP contribution >= 0.6 is 0 Å². The number of aliphatic hydroxyl groups is 1. The lowest BCUT2D eigenvalue weighted by atomic mass is 9.96. The Bertz CT molecular complexity index is 290. The Balaban J connectivity index is 2.07. The van der Waals surface area contributed by atoms with E-state index in [1.807, 2.05) is 0 Å². The molecule has 2 atom stereocenters. The SMILES string of the molecule is CC1OCCC1(O)CN1C(=O)CNC1=O. The molecule has 2 saturated heterocycles. The molecule has 6 heteroatoms. The Hall–Kier alpha value is -1.14. The molecule has 84 valence electrons. The van der Waals surface area contributed by atoms with Gasteiger partial charge in [0.25, 0.3) is 0 Å². The first kappa shape index (κ1) is 10.4. The van der Waals surface area contributed by atoms with Crippen molar-refractivity contribution in [3.63, 3.8) is 0 Å². The van der Waals surface area contributed by atoms with E-state index in [9.17, 15) is 14.7 Å². The van der Waals surface area contributed by atoms with Crippen LogP contribution in [-0.4, -0.2) is 53.3 Å². The van der Waals surface area contributed by atoms with Gasteiger partial charge in [-0.05, 0) is 6.92 Å². The second kappa shape index (κ2) is 3.46. The number of hydrogen-bond donors (Lipinski definition) is 2. The van der Waals surface area contributed by atoms with Gasteiger partial charge >= 0.3 is 6.03 Å². The summed E-state index contributed by atoms with van der Waals surface area (Å²) in [6.07, 6.45) is 0.101. The largest absolute Gasteiger partial charge is 0.385 e. The van der Waals surface area contributed by atoms with Gasteiger partial charge in [0.05, 0.1) is 19.2 Å². The quantitative estimate of drug-likeness (QED) is 0.582. The number of urea groups is 1. The van der Waals surface area contributed by atoms with E-state index in [0.29, 0.717) is 13.0 Å². The predicted octanol–water partition coefficient (Wildman–Crippen LogP) is -0.922. The summed E-state index contributed by atoms with van der Waals surface area (Å²) in [7, 11) is 0. The smallest absolute Gasteiger partial charge is 0.324 e. The lowest BCUT2D eigenvalue weighted by molar-refractivity contribution is -0.128. The number of β-amino-alcohol motifs (C(OH)–C–C–N with tert-alkyl or cyclic N) is 1. The molecule has 2 heterocycles. The first-order valence-electron chi connectivity index (χ1n) is 4.95. The van der Waals surface area contributed by atoms with Gasteiger partial charge in [0.1, 0.15) is 5.60 Å². The molecule has 0 aromatic heterocycles. The fourth-order valence-corrected chi connectivity index (χ4v) is 1.87. The van der Waals surface area contributed by atoms with Gasteiger partial charge in [-0.25, -0.2) is 4.79 Å². The third-order valence-electron chi connectivity index (χ3n) is 3.03. The maximum Gasteiger partial charge on any atom is 0.324 e. The van der Waals surface area contributed by atoms with Gasteiger partial charge < -0.3 is 15.2 Å². The van der Waals surface area contributed by atoms with Crippen LogP contribution in [0.25, 0.3) is 0 Å². The molecule has 0 radical (unpaired) electrons. The molecule has 0 aromatic carbocycles. The molecule has 2 aliphatic heterocycles. The van der Waals surface area contributed by atoms with Crippen LogP contribution in [0.2, 0.25) is 0 Å². The molecular formula is C9H14N2O4. The maximum absolute atomic E-state index is 11.3. The van der Waals surface area contributed by atoms with Crippen molar-refractivity contribution in [3.8, 4) is 0 Å². The molecular weight excluding hydrogens is 200 g/mol. The van der Waals surface area contributed by atoms with Crippen LogP contribution in [0.15, 0.2) is 0 Å². The van der Waals surface area contributed by atoms with Gasteiger partial charge in [-0.1, -0.05) is 0 Å². The number of nitrogens with zero attached hydrogens (tertiary/aromatic N) is 1. The summed E-state index contributed by atoms with van der Waals surface area (Å²) < 4.78 is 5.23. The van der Waals surface area contributed by atoms with Crippen LogP contribution in [0.1, 0.15) is 13.3 Å². The molecule has 2 N–H and O–H groups in total. The van der Waals surface area contributed by atoms with Crippen molar-refractivity contribution < 1.29 is 19.4 Å². The number of amides is 3. The van der Waals surface area contributed by atoms with Gasteiger partial charge in [0.2, 0.25) is 5.91 Å². The van der Waals surface area contributed by atoms with Gasteiger partial charge in [-0.2, -0.15) is 0 Å². The van der Waals surface area contributed by atoms with E-state index in [4.69, 9.17) is 4.74 Å². The first-order valence-corrected chi connectivity index (χ1v) is 4.95. The lowest BCUT2D eigenvalue weighted by Gasteiger charge is -2.29. The van der Waals surface area contributed by atoms with Crippen LogP contribution in [0, 0.1) is 0 Å². The number of imide groups is 1. The summed E-state index contributed by atoms with van der Waals surface area (Å²) in [4.78, 5) is 23.6. The van der Waals surface area contributed by atoms with E-state index in [-0.39, 0.29) is 25.1 Å². The van der Waals surface area contributed by atoms with Gasteiger partial charge in [0.15, 0.2) is 0 Å². The van der Waals surface area contributed by atoms with E-state index >= 15 is 0 Å². The normalized spacial score (nSPS) is 36.1. The summed E-state index contributed by atoms with van der Waals surface area (Å²) in [6.45, 7) is 2.23. The summed E-state index contributed by atoms with van der Waals surface area (Å²) in [5, 5.41) is 12.6. The molecule has 2 unspecified atom stereocenters. The second-order valence-corrected chi connectivity index (χ2v) is 4.01. The predicted molar refractivity (Wildman–Crippen MR) is 50.1 cm³/mol. The van der Waals surface area contributed by atoms with Gasteiger partial charge in [-0.3, -0.25) is 9.69 Å². The number of nitrogens with one attached hydrogen (secondary N) is 1. The van der Waals surface area contributed by atoms with Crippen molar-refractivity contribution in [1.82, 2.24) is 10.2 Å². The molecule has 0 spiro atoms. The average molecular weight is 214 g/mol. The summed E-state index contributed by atoms with van der Waals surface area (Å²) in [6, 6.07) is -0.437. The number of carbonyl (C=O) groups excluding carboxylic acids is 2. The van der Waals surface area contributed by atoms with E-state index in [1.165, 1.54) is 0 Å². The van der Waals surface area contributed by atoms with Crippen molar-refractivity contribution >= 4 is 11.9 Å². The molecule has 0 bridgehead atoms. The molecule has 3 amide bonds. The van der Waals surface area contributed by atoms with Crippen LogP contribution in [0.4, 0.5) is 4.79 Å². The highest BCUT2D eigenvalue weighted by molar-refractivity contribution is 6.02. The topological polar surface area (TPSA) is 78.9 Å². The molecule has 2 aliphatic rings. The highest BCUT2D eigenvalue weighted by Crippen LogP contribution is 2.27. The fourth-order valence-electron chi connectivity index (χ4n) is 1.87. The highest BCUT2D eigenvalue weighted by atomic mass is 16.5. The summed E-state index contributed by atoms with van der Waals surface area (Å²) in [5.41, 5.74) is -1.10. The zero-order valence-electron chi connectivity index (χ0n) is 8.52. The number of rotatable bonds is 2. The van der Waals surface area contributed by atoms with Crippen LogP contribution < -0.4 is 5.32 Å². The van der Waals surface area contributed by atoms with Crippen molar-refractivity contribution in [3.05, 3.63) is 0 Å². The zero-order chi connectivity index (χ0) is 11.1. The number of carbonyl (C=O) groups is 2. The standard InChI is InChI=1S/C9H14N2O4/c1-6-9(14,2-3-15-6)5-11-7(12)4-10-8(11)13/h6,14H,2-5H2,1H3,(H,10,13). The second-order valence-electron chi connectivity index (χ2n) is 4.01. The fraction of sp³-hybridized carbons (Fsp3) is 0.778. The Labute approximate surface area is 87.2 Å². The Morgan fingerprint density at radius 2 is 2.40 bits per heavy atom. The molecule has 2 fully saturated rings. The zero-order valence-corrected chi connectivity index (χ0v) is 8.52. The molecule has 6 nitrogen and oxygen atoms in total. The van der Waals surface area contributed by atoms with E-state index in [0.717, 1.165) is 4.90 Å². The van der Waals surface area contributed by atoms with Gasteiger partial charge in [-0.15, -0.1) is 0 Å². The van der Waals surface area contributed by atoms with Crippen molar-refractivity contribution in [2.24, 2.45) is 0 Å². The minimum Gasteiger partial charge on any atom is -0.385 e. The van der Waals surface area contributed by atoms with Crippen LogP contribution in [0.5, 0.6) is 0 Å². The highest BCUT2D eigenvalue weighted by Gasteiger charge is 2.44. The van der Waals surface area contributed by atoms with E-state index in [2.05, 4.69) is 5.32 Å². The average Bonchev–Trinajstić information content (AvgIpc) is 2.65. The summed E-state index contributed by atoms with van der Waals surface area (Å²) in [5.74, 6) is -0.299. The number of ether oxygens (including phenoxy) is 1. The number of hydrogen-bond acceptors (Lipinski definition) is 4. The van der Waals surface area contributed by atoms with Crippen molar-refractivity contribution in [1.29, 1.82) is 0 Å². The molecule has 0 saturated carbocycles. The Kier molecular flexibility index (Phi) is 2.40. The maximum atomic E-state index is 11.3. The minimum absolute atomic E-state index is 0.0127. The Morgan fingerprint density at radius 1 is 1.67 bits per heavy atom. The summed E-state index contributed by atoms with van der Waals surface area (Å²) >= 11 is 0. The van der Waals surface area contributed by atoms with Gasteiger partial charge in [0, 0.05) is 13.0 Å². The molecule has 0 aliphatic carbocycles. The Morgan fingerprint density at radius 3 is 2.87 bits per heavy atom. The third-order valence-corrected chi connectivity index (χ3v) is 3.03. The monoisotopic (exact) mass is 214 g/mol.